The summed E-state index contributed by atoms with van der Waals surface area (Å²) in [5.41, 5.74) is 8.04. The first-order chi connectivity index (χ1) is 11.6. The van der Waals surface area contributed by atoms with Crippen LogP contribution in [-0.2, 0) is 33.4 Å². The second-order valence-corrected chi connectivity index (χ2v) is 4.59. The first-order valence-electron chi connectivity index (χ1n) is 7.46. The third-order valence-electron chi connectivity index (χ3n) is 2.79. The average molecular weight is 344 g/mol. The first-order valence-corrected chi connectivity index (χ1v) is 7.46. The number of nitrogens with zero attached hydrogens (tertiary/aromatic N) is 4. The van der Waals surface area contributed by atoms with E-state index in [1.165, 1.54) is 0 Å². The molecule has 24 heavy (non-hydrogen) atoms. The van der Waals surface area contributed by atoms with E-state index in [1.54, 1.807) is 0 Å². The highest BCUT2D eigenvalue weighted by atomic mass is 16.7. The quantitative estimate of drug-likeness (QED) is 0.154. The lowest BCUT2D eigenvalue weighted by Crippen LogP contribution is -2.32. The van der Waals surface area contributed by atoms with Crippen LogP contribution in [0.1, 0.15) is 19.3 Å². The van der Waals surface area contributed by atoms with Crippen molar-refractivity contribution in [2.45, 2.75) is 19.3 Å². The van der Waals surface area contributed by atoms with E-state index in [4.69, 9.17) is 19.7 Å². The monoisotopic (exact) mass is 344 g/mol. The van der Waals surface area contributed by atoms with Gasteiger partial charge in [-0.3, -0.25) is 9.59 Å². The van der Waals surface area contributed by atoms with Crippen LogP contribution in [-0.4, -0.2) is 69.0 Å². The number of hydrogen-bond acceptors (Lipinski definition) is 8. The van der Waals surface area contributed by atoms with Crippen LogP contribution in [0.4, 0.5) is 0 Å². The molecule has 0 aromatic carbocycles. The minimum Gasteiger partial charge on any atom is -0.379 e. The van der Waals surface area contributed by atoms with Gasteiger partial charge in [0.05, 0.1) is 46.1 Å². The lowest BCUT2D eigenvalue weighted by molar-refractivity contribution is -0.198. The van der Waals surface area contributed by atoms with Gasteiger partial charge in [-0.15, -0.1) is 5.06 Å². The van der Waals surface area contributed by atoms with Crippen molar-refractivity contribution in [2.24, 2.45) is 5.11 Å². The normalized spacial score (nSPS) is 13.9. The summed E-state index contributed by atoms with van der Waals surface area (Å²) in [5, 5.41) is 3.82. The Hall–Kier alpha value is -2.20. The summed E-state index contributed by atoms with van der Waals surface area (Å²) in [6.45, 7) is 2.09. The Bertz CT molecular complexity index is 463. The lowest BCUT2D eigenvalue weighted by Gasteiger charge is -2.12. The molecule has 0 saturated carbocycles. The van der Waals surface area contributed by atoms with Crippen molar-refractivity contribution in [1.29, 1.82) is 0 Å². The van der Waals surface area contributed by atoms with Gasteiger partial charge < -0.3 is 19.0 Å². The van der Waals surface area contributed by atoms with E-state index >= 15 is 0 Å². The maximum absolute atomic E-state index is 11.4. The Morgan fingerprint density at radius 1 is 1.00 bits per heavy atom. The van der Waals surface area contributed by atoms with Crippen molar-refractivity contribution < 1.29 is 33.4 Å². The second kappa shape index (κ2) is 12.3. The van der Waals surface area contributed by atoms with E-state index in [9.17, 15) is 14.4 Å². The van der Waals surface area contributed by atoms with Gasteiger partial charge in [-0.05, 0) is 5.53 Å². The molecule has 11 heteroatoms. The van der Waals surface area contributed by atoms with E-state index in [0.29, 0.717) is 31.5 Å². The number of amides is 2. The average Bonchev–Trinajstić information content (AvgIpc) is 2.88. The number of imide groups is 1. The Morgan fingerprint density at radius 2 is 1.54 bits per heavy atom. The predicted octanol–water partition coefficient (Wildman–Crippen LogP) is 0.344. The smallest absolute Gasteiger partial charge is 0.335 e. The molecule has 0 bridgehead atoms. The molecular weight excluding hydrogens is 324 g/mol. The minimum absolute atomic E-state index is 0.0647. The summed E-state index contributed by atoms with van der Waals surface area (Å²) < 4.78 is 15.5. The van der Waals surface area contributed by atoms with Crippen molar-refractivity contribution in [2.75, 3.05) is 46.2 Å². The van der Waals surface area contributed by atoms with Crippen LogP contribution < -0.4 is 0 Å². The summed E-state index contributed by atoms with van der Waals surface area (Å²) in [7, 11) is 0. The largest absolute Gasteiger partial charge is 0.379 e. The molecule has 1 aliphatic rings. The Labute approximate surface area is 138 Å². The van der Waals surface area contributed by atoms with Gasteiger partial charge in [0.1, 0.15) is 0 Å². The van der Waals surface area contributed by atoms with E-state index in [2.05, 4.69) is 14.9 Å². The van der Waals surface area contributed by atoms with Crippen LogP contribution >= 0.6 is 0 Å². The first kappa shape index (κ1) is 19.8. The van der Waals surface area contributed by atoms with Crippen LogP contribution in [0.15, 0.2) is 5.11 Å². The number of hydroxylamine groups is 2. The van der Waals surface area contributed by atoms with Crippen LogP contribution in [0, 0.1) is 0 Å². The number of carbonyl (C=O) groups excluding carboxylic acids is 3. The fraction of sp³-hybridized carbons (Fsp3) is 0.769. The van der Waals surface area contributed by atoms with Crippen molar-refractivity contribution in [3.8, 4) is 0 Å². The SMILES string of the molecule is [N-]=[N+]=NCCOCCOCCOCCC(=O)ON1C(=O)CCC1=O. The van der Waals surface area contributed by atoms with E-state index in [1.807, 2.05) is 0 Å². The van der Waals surface area contributed by atoms with Crippen LogP contribution in [0.3, 0.4) is 0 Å². The summed E-state index contributed by atoms with van der Waals surface area (Å²) in [6.07, 6.45) is 0.0595. The van der Waals surface area contributed by atoms with Gasteiger partial charge in [0.15, 0.2) is 0 Å². The van der Waals surface area contributed by atoms with Gasteiger partial charge >= 0.3 is 5.97 Å². The molecule has 1 rings (SSSR count). The number of azide groups is 1. The Balaban J connectivity index is 1.89. The van der Waals surface area contributed by atoms with Crippen molar-refractivity contribution >= 4 is 17.8 Å². The van der Waals surface area contributed by atoms with E-state index < -0.39 is 17.8 Å². The number of ether oxygens (including phenoxy) is 3. The van der Waals surface area contributed by atoms with Gasteiger partial charge in [0, 0.05) is 24.3 Å². The van der Waals surface area contributed by atoms with Crippen molar-refractivity contribution in [3.63, 3.8) is 0 Å². The van der Waals surface area contributed by atoms with Crippen LogP contribution in [0.2, 0.25) is 0 Å². The summed E-state index contributed by atoms with van der Waals surface area (Å²) in [5.74, 6) is -1.72. The van der Waals surface area contributed by atoms with Gasteiger partial charge in [0.25, 0.3) is 11.8 Å². The van der Waals surface area contributed by atoms with E-state index in [-0.39, 0.29) is 39.0 Å². The predicted molar refractivity (Wildman–Crippen MR) is 78.3 cm³/mol. The highest BCUT2D eigenvalue weighted by molar-refractivity contribution is 6.01. The molecule has 1 aliphatic heterocycles. The zero-order chi connectivity index (χ0) is 17.6. The molecule has 0 N–H and O–H groups in total. The highest BCUT2D eigenvalue weighted by Crippen LogP contribution is 2.12. The Kier molecular flexibility index (Phi) is 10.1. The zero-order valence-electron chi connectivity index (χ0n) is 13.2. The molecule has 0 radical (unpaired) electrons. The number of hydrogen-bond donors (Lipinski definition) is 0. The summed E-state index contributed by atoms with van der Waals surface area (Å²) in [6, 6.07) is 0. The molecule has 1 fully saturated rings. The summed E-state index contributed by atoms with van der Waals surface area (Å²) in [4.78, 5) is 41.2. The molecule has 0 aromatic rings. The molecule has 0 spiro atoms. The van der Waals surface area contributed by atoms with Crippen LogP contribution in [0.5, 0.6) is 0 Å². The standard InChI is InChI=1S/C13H20N4O7/c14-16-15-4-6-22-8-10-23-9-7-21-5-3-13(20)24-17-11(18)1-2-12(17)19/h1-10H2. The van der Waals surface area contributed by atoms with Gasteiger partial charge in [-0.2, -0.15) is 0 Å². The molecular formula is C13H20N4O7. The van der Waals surface area contributed by atoms with E-state index in [0.717, 1.165) is 0 Å². The van der Waals surface area contributed by atoms with Crippen molar-refractivity contribution in [1.82, 2.24) is 5.06 Å². The zero-order valence-corrected chi connectivity index (χ0v) is 13.2. The maximum Gasteiger partial charge on any atom is 0.335 e. The third-order valence-corrected chi connectivity index (χ3v) is 2.79. The molecule has 2 amide bonds. The number of carbonyl (C=O) groups is 3. The third kappa shape index (κ3) is 8.44. The lowest BCUT2D eigenvalue weighted by atomic mass is 10.4. The van der Waals surface area contributed by atoms with Gasteiger partial charge in [-0.25, -0.2) is 4.79 Å². The van der Waals surface area contributed by atoms with Gasteiger partial charge in [-0.1, -0.05) is 5.11 Å². The molecule has 0 atom stereocenters. The molecule has 0 aromatic heterocycles. The Morgan fingerprint density at radius 3 is 2.12 bits per heavy atom. The fourth-order valence-electron chi connectivity index (χ4n) is 1.65. The maximum atomic E-state index is 11.4. The fourth-order valence-corrected chi connectivity index (χ4v) is 1.65. The van der Waals surface area contributed by atoms with Gasteiger partial charge in [0.2, 0.25) is 0 Å². The topological polar surface area (TPSA) is 140 Å². The highest BCUT2D eigenvalue weighted by Gasteiger charge is 2.32. The number of rotatable bonds is 13. The molecule has 11 nitrogen and oxygen atoms in total. The molecule has 0 aliphatic carbocycles. The van der Waals surface area contributed by atoms with Crippen molar-refractivity contribution in [3.05, 3.63) is 10.4 Å². The molecule has 0 unspecified atom stereocenters. The molecule has 134 valence electrons. The van der Waals surface area contributed by atoms with Crippen LogP contribution in [0.25, 0.3) is 10.4 Å². The molecule has 1 saturated heterocycles. The second-order valence-electron chi connectivity index (χ2n) is 4.59. The summed E-state index contributed by atoms with van der Waals surface area (Å²) >= 11 is 0. The minimum atomic E-state index is -0.701. The molecule has 1 heterocycles.